The van der Waals surface area contributed by atoms with E-state index in [1.54, 1.807) is 23.7 Å². The van der Waals surface area contributed by atoms with E-state index in [2.05, 4.69) is 25.4 Å². The summed E-state index contributed by atoms with van der Waals surface area (Å²) in [6.07, 6.45) is -0.540. The van der Waals surface area contributed by atoms with Gasteiger partial charge in [-0.1, -0.05) is 12.1 Å². The van der Waals surface area contributed by atoms with Gasteiger partial charge >= 0.3 is 11.9 Å². The van der Waals surface area contributed by atoms with Gasteiger partial charge in [-0.3, -0.25) is 38.5 Å². The molecule has 3 saturated heterocycles. The Morgan fingerprint density at radius 2 is 1.61 bits per heavy atom. The summed E-state index contributed by atoms with van der Waals surface area (Å²) in [5.41, 5.74) is 2.96. The lowest BCUT2D eigenvalue weighted by molar-refractivity contribution is -0.141. The van der Waals surface area contributed by atoms with Gasteiger partial charge in [0.05, 0.1) is 41.3 Å². The second kappa shape index (κ2) is 16.3. The number of piperazine rings is 1. The number of hydrogen-bond donors (Lipinski definition) is 2. The molecule has 4 amide bonds. The van der Waals surface area contributed by atoms with Gasteiger partial charge in [0, 0.05) is 77.4 Å². The molecular weight excluding hydrogens is 796 g/mol. The number of imidazole rings is 1. The molecular formula is C43H48F3N9O6. The largest absolute Gasteiger partial charge is 0.433 e. The monoisotopic (exact) mass is 843 g/mol. The summed E-state index contributed by atoms with van der Waals surface area (Å²) in [7, 11) is 1.73. The van der Waals surface area contributed by atoms with Crippen LogP contribution in [0, 0.1) is 5.92 Å². The number of nitrogens with one attached hydrogen (secondary N) is 2. The number of ether oxygens (including phenoxy) is 1. The second-order valence-corrected chi connectivity index (χ2v) is 16.7. The Kier molecular flexibility index (Phi) is 10.8. The normalized spacial score (nSPS) is 22.8. The summed E-state index contributed by atoms with van der Waals surface area (Å²) in [6, 6.07) is 11.9. The molecule has 4 aliphatic heterocycles. The van der Waals surface area contributed by atoms with Crippen LogP contribution in [0.2, 0.25) is 0 Å². The molecule has 1 atom stereocenters. The second-order valence-electron chi connectivity index (χ2n) is 16.7. The molecule has 2 aromatic carbocycles. The van der Waals surface area contributed by atoms with Crippen molar-refractivity contribution in [2.24, 2.45) is 13.0 Å². The number of amides is 4. The number of rotatable bonds is 8. The van der Waals surface area contributed by atoms with Crippen molar-refractivity contribution >= 4 is 51.7 Å². The highest BCUT2D eigenvalue weighted by Gasteiger charge is 2.38. The van der Waals surface area contributed by atoms with Crippen molar-refractivity contribution in [1.29, 1.82) is 0 Å². The highest BCUT2D eigenvalue weighted by molar-refractivity contribution is 6.07. The van der Waals surface area contributed by atoms with Gasteiger partial charge in [0.1, 0.15) is 17.4 Å². The molecule has 0 bridgehead atoms. The first-order valence-corrected chi connectivity index (χ1v) is 21.0. The highest BCUT2D eigenvalue weighted by atomic mass is 19.4. The van der Waals surface area contributed by atoms with E-state index in [1.807, 2.05) is 28.0 Å². The molecule has 322 valence electrons. The summed E-state index contributed by atoms with van der Waals surface area (Å²) < 4.78 is 48.8. The number of alkyl halides is 3. The van der Waals surface area contributed by atoms with E-state index in [9.17, 15) is 37.1 Å². The number of para-hydroxylation sites is 1. The average Bonchev–Trinajstić information content (AvgIpc) is 3.71. The number of anilines is 3. The fraction of sp³-hybridized carbons (Fsp3) is 0.488. The van der Waals surface area contributed by atoms with Crippen LogP contribution >= 0.6 is 0 Å². The SMILES string of the molecule is Cn1c(=O)n(C2CCC(=O)NC2=O)c2cccc(N3CCN(C[C@H]4CC[C@H](N5Cc6cc(NC(=O)c7cccc(C(F)(F)F)n7)c(N7CCOCC7)cc6C5=O)CC4)CC3)c21. The number of piperidine rings is 1. The Bertz CT molecular complexity index is 2450. The first-order valence-electron chi connectivity index (χ1n) is 21.0. The van der Waals surface area contributed by atoms with Gasteiger partial charge in [0.15, 0.2) is 0 Å². The number of aryl methyl sites for hydroxylation is 1. The Hall–Kier alpha value is -5.75. The van der Waals surface area contributed by atoms with Crippen molar-refractivity contribution in [3.05, 3.63) is 81.5 Å². The van der Waals surface area contributed by atoms with E-state index in [-0.39, 0.29) is 42.1 Å². The average molecular weight is 844 g/mol. The molecule has 4 aromatic rings. The van der Waals surface area contributed by atoms with Crippen molar-refractivity contribution < 1.29 is 37.1 Å². The number of imide groups is 1. The van der Waals surface area contributed by atoms with Crippen LogP contribution in [-0.2, 0) is 34.1 Å². The molecule has 2 N–H and O–H groups in total. The quantitative estimate of drug-likeness (QED) is 0.248. The lowest BCUT2D eigenvalue weighted by Gasteiger charge is -2.40. The zero-order valence-electron chi connectivity index (χ0n) is 33.9. The first-order chi connectivity index (χ1) is 29.3. The zero-order chi connectivity index (χ0) is 42.6. The number of hydrogen-bond acceptors (Lipinski definition) is 10. The third kappa shape index (κ3) is 7.86. The topological polar surface area (TPSA) is 154 Å². The highest BCUT2D eigenvalue weighted by Crippen LogP contribution is 2.39. The Balaban J connectivity index is 0.826. The van der Waals surface area contributed by atoms with Gasteiger partial charge in [-0.05, 0) is 80.0 Å². The molecule has 1 unspecified atom stereocenters. The van der Waals surface area contributed by atoms with Crippen LogP contribution in [0.5, 0.6) is 0 Å². The standard InChI is InChI=1S/C43H48F3N9O6/c1-50-38-32(5-3-6-33(38)55(42(50)60)34-12-13-37(56)49-40(34)58)52-16-14-51(15-17-52)24-26-8-10-28(11-9-26)54-25-27-22-31(35(23-29(27)41(54)59)53-18-20-61-21-19-53)48-39(57)30-4-2-7-36(47-30)43(44,45)46/h2-7,22-23,26,28,34H,8-21,24-25H2,1H3,(H,48,57)(H,49,56,58)/t26-,28-,34?. The maximum absolute atomic E-state index is 14.0. The molecule has 1 aliphatic carbocycles. The Labute approximate surface area is 349 Å². The molecule has 9 rings (SSSR count). The molecule has 15 nitrogen and oxygen atoms in total. The van der Waals surface area contributed by atoms with E-state index >= 15 is 0 Å². The molecule has 4 fully saturated rings. The minimum atomic E-state index is -4.69. The molecule has 0 radical (unpaired) electrons. The Morgan fingerprint density at radius 1 is 0.885 bits per heavy atom. The van der Waals surface area contributed by atoms with Gasteiger partial charge < -0.3 is 24.8 Å². The maximum atomic E-state index is 14.0. The summed E-state index contributed by atoms with van der Waals surface area (Å²) in [5, 5.41) is 5.17. The van der Waals surface area contributed by atoms with Crippen LogP contribution in [-0.4, -0.2) is 113 Å². The third-order valence-electron chi connectivity index (χ3n) is 13.0. The van der Waals surface area contributed by atoms with Crippen LogP contribution in [0.4, 0.5) is 30.2 Å². The number of carbonyl (C=O) groups excluding carboxylic acids is 4. The number of carbonyl (C=O) groups is 4. The molecule has 61 heavy (non-hydrogen) atoms. The number of pyridine rings is 1. The number of morpholine rings is 1. The molecule has 0 spiro atoms. The third-order valence-corrected chi connectivity index (χ3v) is 13.0. The van der Waals surface area contributed by atoms with Gasteiger partial charge in [0.2, 0.25) is 11.8 Å². The molecule has 1 saturated carbocycles. The van der Waals surface area contributed by atoms with Crippen LogP contribution in [0.1, 0.15) is 76.7 Å². The van der Waals surface area contributed by atoms with Crippen LogP contribution in [0.25, 0.3) is 11.0 Å². The smallest absolute Gasteiger partial charge is 0.378 e. The predicted octanol–water partition coefficient (Wildman–Crippen LogP) is 4.16. The van der Waals surface area contributed by atoms with Gasteiger partial charge in [0.25, 0.3) is 11.8 Å². The van der Waals surface area contributed by atoms with Crippen molar-refractivity contribution in [1.82, 2.24) is 29.2 Å². The zero-order valence-corrected chi connectivity index (χ0v) is 33.9. The minimum absolute atomic E-state index is 0.0542. The molecule has 18 heteroatoms. The van der Waals surface area contributed by atoms with Crippen molar-refractivity contribution in [3.8, 4) is 0 Å². The van der Waals surface area contributed by atoms with Crippen LogP contribution in [0.3, 0.4) is 0 Å². The summed E-state index contributed by atoms with van der Waals surface area (Å²) in [5.74, 6) is -1.12. The molecule has 6 heterocycles. The van der Waals surface area contributed by atoms with E-state index in [4.69, 9.17) is 4.74 Å². The number of aromatic nitrogens is 3. The van der Waals surface area contributed by atoms with Crippen molar-refractivity contribution in [3.63, 3.8) is 0 Å². The number of fused-ring (bicyclic) bond motifs is 2. The molecule has 2 aromatic heterocycles. The summed E-state index contributed by atoms with van der Waals surface area (Å²) in [6.45, 7) is 6.57. The number of halogens is 3. The number of nitrogens with zero attached hydrogens (tertiary/aromatic N) is 7. The minimum Gasteiger partial charge on any atom is -0.378 e. The fourth-order valence-electron chi connectivity index (χ4n) is 9.82. The lowest BCUT2D eigenvalue weighted by Crippen LogP contribution is -2.48. The van der Waals surface area contributed by atoms with Crippen LogP contribution < -0.4 is 26.1 Å². The van der Waals surface area contributed by atoms with Gasteiger partial charge in [-0.2, -0.15) is 13.2 Å². The lowest BCUT2D eigenvalue weighted by atomic mass is 9.85. The maximum Gasteiger partial charge on any atom is 0.433 e. The Morgan fingerprint density at radius 3 is 2.33 bits per heavy atom. The van der Waals surface area contributed by atoms with E-state index < -0.39 is 29.7 Å². The van der Waals surface area contributed by atoms with Gasteiger partial charge in [-0.15, -0.1) is 0 Å². The van der Waals surface area contributed by atoms with Crippen LogP contribution in [0.15, 0.2) is 53.3 Å². The van der Waals surface area contributed by atoms with E-state index in [0.29, 0.717) is 61.2 Å². The summed E-state index contributed by atoms with van der Waals surface area (Å²) >= 11 is 0. The summed E-state index contributed by atoms with van der Waals surface area (Å²) in [4.78, 5) is 77.6. The van der Waals surface area contributed by atoms with E-state index in [1.165, 1.54) is 10.6 Å². The predicted molar refractivity (Wildman–Crippen MR) is 220 cm³/mol. The first kappa shape index (κ1) is 40.6. The fourth-order valence-corrected chi connectivity index (χ4v) is 9.82. The molecule has 5 aliphatic rings. The van der Waals surface area contributed by atoms with Gasteiger partial charge in [-0.25, -0.2) is 9.78 Å². The van der Waals surface area contributed by atoms with Crippen molar-refractivity contribution in [2.45, 2.75) is 63.3 Å². The van der Waals surface area contributed by atoms with Crippen molar-refractivity contribution in [2.75, 3.05) is 74.1 Å². The van der Waals surface area contributed by atoms with E-state index in [0.717, 1.165) is 87.3 Å². The number of benzene rings is 2.